The highest BCUT2D eigenvalue weighted by atomic mass is 16.5. The zero-order valence-corrected chi connectivity index (χ0v) is 45.6. The van der Waals surface area contributed by atoms with Gasteiger partial charge in [0.2, 0.25) is 0 Å². The lowest BCUT2D eigenvalue weighted by atomic mass is 10.1. The summed E-state index contributed by atoms with van der Waals surface area (Å²) in [6, 6.07) is 2.03. The Labute approximate surface area is 417 Å². The molecule has 1 atom stereocenters. The fraction of sp³-hybridized carbons (Fsp3) is 0.852. The molecule has 1 aromatic carbocycles. The van der Waals surface area contributed by atoms with Crippen molar-refractivity contribution >= 4 is 12.0 Å². The Kier molecular flexibility index (Phi) is 45.5. The van der Waals surface area contributed by atoms with E-state index in [4.69, 9.17) is 23.7 Å². The number of unbranched alkanes of at least 4 members (excludes halogenated alkanes) is 36. The highest BCUT2D eigenvalue weighted by molar-refractivity contribution is 5.89. The Morgan fingerprint density at radius 3 is 0.910 bits per heavy atom. The Bertz CT molecular complexity index is 1170. The minimum absolute atomic E-state index is 0.160. The van der Waals surface area contributed by atoms with Crippen molar-refractivity contribution in [2.75, 3.05) is 26.4 Å². The Morgan fingerprint density at radius 1 is 0.388 bits per heavy atom. The molecule has 0 aliphatic rings. The molecule has 0 heterocycles. The van der Waals surface area contributed by atoms with Crippen molar-refractivity contribution in [2.45, 2.75) is 311 Å². The molecule has 6 heteroatoms. The summed E-state index contributed by atoms with van der Waals surface area (Å²) in [7, 11) is 0. The second kappa shape index (κ2) is 48.6. The average Bonchev–Trinajstić information content (AvgIpc) is 3.33. The second-order valence-corrected chi connectivity index (χ2v) is 20.1. The minimum Gasteiger partial charge on any atom is -0.490 e. The SMILES string of the molecule is CCCCCCCCCCCCOc1cc(OCCCCCCCCCCCC)c(OCCCCCCCCCCCC)c(C=CC(=O)OC(C)CC)c1OCCCCCCCCCCCC. The standard InChI is InChI=1S/C61H112O6/c1-7-12-16-20-24-28-32-36-40-44-50-63-57-54-58(64-51-45-41-37-33-29-25-21-17-13-8-2)61(66-53-47-43-39-35-31-27-23-19-15-10-4)56(48-49-59(62)67-55(6)11-5)60(57)65-52-46-42-38-34-30-26-22-18-14-9-3/h48-49,54-55H,7-47,50-53H2,1-6H3. The predicted molar refractivity (Wildman–Crippen MR) is 291 cm³/mol. The second-order valence-electron chi connectivity index (χ2n) is 20.1. The fourth-order valence-electron chi connectivity index (χ4n) is 8.83. The molecule has 0 aliphatic carbocycles. The average molecular weight is 942 g/mol. The molecule has 1 unspecified atom stereocenters. The van der Waals surface area contributed by atoms with Gasteiger partial charge in [-0.15, -0.1) is 0 Å². The number of benzene rings is 1. The first-order valence-corrected chi connectivity index (χ1v) is 29.6. The number of carbonyl (C=O) groups excluding carboxylic acids is 1. The third-order valence-electron chi connectivity index (χ3n) is 13.5. The summed E-state index contributed by atoms with van der Waals surface area (Å²) < 4.78 is 32.7. The van der Waals surface area contributed by atoms with Crippen LogP contribution in [0, 0.1) is 0 Å². The fourth-order valence-corrected chi connectivity index (χ4v) is 8.83. The number of hydrogen-bond acceptors (Lipinski definition) is 6. The smallest absolute Gasteiger partial charge is 0.331 e. The van der Waals surface area contributed by atoms with E-state index >= 15 is 0 Å². The molecule has 0 aliphatic heterocycles. The molecule has 1 aromatic rings. The Morgan fingerprint density at radius 2 is 0.642 bits per heavy atom. The van der Waals surface area contributed by atoms with Gasteiger partial charge in [0.1, 0.15) is 0 Å². The number of esters is 1. The van der Waals surface area contributed by atoms with Gasteiger partial charge < -0.3 is 23.7 Å². The molecule has 0 spiro atoms. The van der Waals surface area contributed by atoms with Crippen molar-refractivity contribution in [1.29, 1.82) is 0 Å². The molecule has 0 radical (unpaired) electrons. The minimum atomic E-state index is -0.361. The van der Waals surface area contributed by atoms with E-state index in [0.717, 1.165) is 63.4 Å². The first-order chi connectivity index (χ1) is 33.0. The molecular formula is C61H112O6. The summed E-state index contributed by atoms with van der Waals surface area (Å²) in [5.74, 6) is 2.31. The molecule has 0 amide bonds. The third-order valence-corrected chi connectivity index (χ3v) is 13.5. The maximum atomic E-state index is 13.2. The number of ether oxygens (including phenoxy) is 5. The lowest BCUT2D eigenvalue weighted by Gasteiger charge is -2.22. The van der Waals surface area contributed by atoms with Crippen LogP contribution in [0.15, 0.2) is 12.1 Å². The van der Waals surface area contributed by atoms with Gasteiger partial charge >= 0.3 is 5.97 Å². The summed E-state index contributed by atoms with van der Waals surface area (Å²) in [5.41, 5.74) is 0.721. The monoisotopic (exact) mass is 941 g/mol. The van der Waals surface area contributed by atoms with E-state index in [1.165, 1.54) is 205 Å². The molecule has 392 valence electrons. The molecule has 0 saturated carbocycles. The summed E-state index contributed by atoms with van der Waals surface area (Å²) in [6.07, 6.45) is 54.9. The van der Waals surface area contributed by atoms with Crippen molar-refractivity contribution in [3.05, 3.63) is 17.7 Å². The van der Waals surface area contributed by atoms with Crippen LogP contribution in [0.1, 0.15) is 310 Å². The summed E-state index contributed by atoms with van der Waals surface area (Å²) in [4.78, 5) is 13.2. The van der Waals surface area contributed by atoms with E-state index in [-0.39, 0.29) is 12.1 Å². The number of rotatable bonds is 52. The van der Waals surface area contributed by atoms with Crippen molar-refractivity contribution in [2.24, 2.45) is 0 Å². The summed E-state index contributed by atoms with van der Waals surface area (Å²) in [5, 5.41) is 0. The van der Waals surface area contributed by atoms with Gasteiger partial charge in [-0.3, -0.25) is 0 Å². The van der Waals surface area contributed by atoms with Gasteiger partial charge in [0, 0.05) is 12.1 Å². The molecule has 6 nitrogen and oxygen atoms in total. The number of carbonyl (C=O) groups is 1. The van der Waals surface area contributed by atoms with Gasteiger partial charge in [-0.2, -0.15) is 0 Å². The molecule has 67 heavy (non-hydrogen) atoms. The van der Waals surface area contributed by atoms with Crippen LogP contribution >= 0.6 is 0 Å². The molecule has 1 rings (SSSR count). The van der Waals surface area contributed by atoms with Gasteiger partial charge in [0.15, 0.2) is 23.0 Å². The Hall–Kier alpha value is -2.37. The van der Waals surface area contributed by atoms with E-state index in [1.54, 1.807) is 6.08 Å². The third kappa shape index (κ3) is 37.2. The van der Waals surface area contributed by atoms with Crippen LogP contribution in [0.25, 0.3) is 6.08 Å². The van der Waals surface area contributed by atoms with E-state index < -0.39 is 0 Å². The first-order valence-electron chi connectivity index (χ1n) is 29.6. The highest BCUT2D eigenvalue weighted by Gasteiger charge is 2.23. The predicted octanol–water partition coefficient (Wildman–Crippen LogP) is 20.2. The normalized spacial score (nSPS) is 12.0. The summed E-state index contributed by atoms with van der Waals surface area (Å²) >= 11 is 0. The molecule has 0 bridgehead atoms. The van der Waals surface area contributed by atoms with E-state index in [2.05, 4.69) is 27.7 Å². The van der Waals surface area contributed by atoms with Gasteiger partial charge in [-0.05, 0) is 45.1 Å². The van der Waals surface area contributed by atoms with Crippen LogP contribution in [-0.4, -0.2) is 38.5 Å². The zero-order chi connectivity index (χ0) is 48.5. The van der Waals surface area contributed by atoms with Crippen LogP contribution in [0.4, 0.5) is 0 Å². The first kappa shape index (κ1) is 62.6. The zero-order valence-electron chi connectivity index (χ0n) is 45.6. The summed E-state index contributed by atoms with van der Waals surface area (Å²) in [6.45, 7) is 15.5. The van der Waals surface area contributed by atoms with Crippen LogP contribution in [0.3, 0.4) is 0 Å². The largest absolute Gasteiger partial charge is 0.490 e. The molecular weight excluding hydrogens is 829 g/mol. The van der Waals surface area contributed by atoms with E-state index in [1.807, 2.05) is 26.0 Å². The highest BCUT2D eigenvalue weighted by Crippen LogP contribution is 2.46. The topological polar surface area (TPSA) is 63.2 Å². The van der Waals surface area contributed by atoms with Crippen LogP contribution in [0.5, 0.6) is 23.0 Å². The molecule has 0 saturated heterocycles. The molecule has 0 fully saturated rings. The van der Waals surface area contributed by atoms with Gasteiger partial charge in [0.05, 0.1) is 38.1 Å². The number of hydrogen-bond donors (Lipinski definition) is 0. The van der Waals surface area contributed by atoms with Crippen LogP contribution in [-0.2, 0) is 9.53 Å². The lowest BCUT2D eigenvalue weighted by molar-refractivity contribution is -0.142. The van der Waals surface area contributed by atoms with Gasteiger partial charge in [-0.1, -0.05) is 266 Å². The van der Waals surface area contributed by atoms with E-state index in [0.29, 0.717) is 49.4 Å². The maximum Gasteiger partial charge on any atom is 0.331 e. The van der Waals surface area contributed by atoms with Crippen molar-refractivity contribution < 1.29 is 28.5 Å². The van der Waals surface area contributed by atoms with Gasteiger partial charge in [0.25, 0.3) is 0 Å². The van der Waals surface area contributed by atoms with Gasteiger partial charge in [-0.25, -0.2) is 4.79 Å². The van der Waals surface area contributed by atoms with Crippen molar-refractivity contribution in [3.8, 4) is 23.0 Å². The van der Waals surface area contributed by atoms with E-state index in [9.17, 15) is 4.79 Å². The Balaban J connectivity index is 3.31. The van der Waals surface area contributed by atoms with Crippen LogP contribution < -0.4 is 18.9 Å². The lowest BCUT2D eigenvalue weighted by Crippen LogP contribution is -2.12. The van der Waals surface area contributed by atoms with Crippen LogP contribution in [0.2, 0.25) is 0 Å². The molecule has 0 aromatic heterocycles. The maximum absolute atomic E-state index is 13.2. The molecule has 0 N–H and O–H groups in total. The quantitative estimate of drug-likeness (QED) is 0.0368. The van der Waals surface area contributed by atoms with Crippen molar-refractivity contribution in [1.82, 2.24) is 0 Å². The van der Waals surface area contributed by atoms with Crippen molar-refractivity contribution in [3.63, 3.8) is 0 Å².